The number of halogens is 3. The van der Waals surface area contributed by atoms with Crippen LogP contribution in [0.3, 0.4) is 0 Å². The van der Waals surface area contributed by atoms with Gasteiger partial charge in [-0.1, -0.05) is 17.7 Å². The van der Waals surface area contributed by atoms with Gasteiger partial charge in [0.05, 0.1) is 6.61 Å². The number of hydrogen-bond acceptors (Lipinski definition) is 2. The summed E-state index contributed by atoms with van der Waals surface area (Å²) in [5, 5.41) is 9.01. The first kappa shape index (κ1) is 10.2. The minimum Gasteiger partial charge on any atom is -0.434 e. The van der Waals surface area contributed by atoms with Crippen LogP contribution in [-0.2, 0) is 6.61 Å². The van der Waals surface area contributed by atoms with Crippen LogP contribution in [-0.4, -0.2) is 11.7 Å². The fraction of sp³-hybridized carbons (Fsp3) is 0.250. The molecule has 0 atom stereocenters. The van der Waals surface area contributed by atoms with Gasteiger partial charge in [0.15, 0.2) is 0 Å². The average Bonchev–Trinajstić information content (AvgIpc) is 2.03. The highest BCUT2D eigenvalue weighted by atomic mass is 35.5. The molecule has 0 saturated heterocycles. The summed E-state index contributed by atoms with van der Waals surface area (Å²) in [5.74, 6) is -0.0926. The van der Waals surface area contributed by atoms with E-state index in [0.717, 1.165) is 0 Å². The lowest BCUT2D eigenvalue weighted by Crippen LogP contribution is -2.04. The van der Waals surface area contributed by atoms with Crippen LogP contribution in [0.5, 0.6) is 5.75 Å². The summed E-state index contributed by atoms with van der Waals surface area (Å²) in [6, 6.07) is 4.29. The number of rotatable bonds is 3. The lowest BCUT2D eigenvalue weighted by molar-refractivity contribution is -0.0509. The SMILES string of the molecule is OCc1c(Cl)cccc1OC(F)F. The van der Waals surface area contributed by atoms with Gasteiger partial charge in [-0.3, -0.25) is 0 Å². The van der Waals surface area contributed by atoms with Crippen molar-refractivity contribution in [1.82, 2.24) is 0 Å². The van der Waals surface area contributed by atoms with Gasteiger partial charge in [-0.15, -0.1) is 0 Å². The summed E-state index contributed by atoms with van der Waals surface area (Å²) in [6.07, 6.45) is 0. The Hall–Kier alpha value is -0.870. The Balaban J connectivity index is 2.98. The Labute approximate surface area is 78.7 Å². The molecule has 0 aromatic heterocycles. The predicted molar refractivity (Wildman–Crippen MR) is 44.0 cm³/mol. The van der Waals surface area contributed by atoms with Crippen molar-refractivity contribution < 1.29 is 18.6 Å². The Kier molecular flexibility index (Phi) is 3.45. The molecule has 0 aliphatic rings. The number of aliphatic hydroxyl groups is 1. The van der Waals surface area contributed by atoms with Crippen LogP contribution in [0.2, 0.25) is 5.02 Å². The van der Waals surface area contributed by atoms with Crippen LogP contribution in [0.15, 0.2) is 18.2 Å². The molecule has 72 valence electrons. The van der Waals surface area contributed by atoms with Gasteiger partial charge in [0.25, 0.3) is 0 Å². The monoisotopic (exact) mass is 208 g/mol. The van der Waals surface area contributed by atoms with Crippen LogP contribution in [0.1, 0.15) is 5.56 Å². The molecule has 1 rings (SSSR count). The quantitative estimate of drug-likeness (QED) is 0.827. The van der Waals surface area contributed by atoms with E-state index in [2.05, 4.69) is 4.74 Å². The summed E-state index contributed by atoms with van der Waals surface area (Å²) < 4.78 is 27.8. The van der Waals surface area contributed by atoms with E-state index in [1.807, 2.05) is 0 Å². The summed E-state index contributed by atoms with van der Waals surface area (Å²) in [4.78, 5) is 0. The summed E-state index contributed by atoms with van der Waals surface area (Å²) in [7, 11) is 0. The maximum Gasteiger partial charge on any atom is 0.387 e. The van der Waals surface area contributed by atoms with Crippen molar-refractivity contribution in [3.05, 3.63) is 28.8 Å². The second-order valence-corrected chi connectivity index (χ2v) is 2.66. The van der Waals surface area contributed by atoms with Crippen molar-refractivity contribution in [2.45, 2.75) is 13.2 Å². The maximum absolute atomic E-state index is 11.8. The molecule has 0 fully saturated rings. The molecule has 1 aromatic rings. The minimum atomic E-state index is -2.91. The van der Waals surface area contributed by atoms with E-state index in [0.29, 0.717) is 0 Å². The average molecular weight is 209 g/mol. The van der Waals surface area contributed by atoms with Gasteiger partial charge >= 0.3 is 6.61 Å². The lowest BCUT2D eigenvalue weighted by atomic mass is 10.2. The molecule has 0 heterocycles. The second-order valence-electron chi connectivity index (χ2n) is 2.25. The molecule has 2 nitrogen and oxygen atoms in total. The zero-order valence-electron chi connectivity index (χ0n) is 6.51. The molecule has 0 aliphatic carbocycles. The number of aliphatic hydroxyl groups excluding tert-OH is 1. The molecular formula is C8H7ClF2O2. The molecule has 1 N–H and O–H groups in total. The third-order valence-electron chi connectivity index (χ3n) is 1.45. The van der Waals surface area contributed by atoms with Crippen LogP contribution in [0.4, 0.5) is 8.78 Å². The fourth-order valence-electron chi connectivity index (χ4n) is 0.899. The maximum atomic E-state index is 11.8. The Morgan fingerprint density at radius 2 is 2.15 bits per heavy atom. The molecule has 0 bridgehead atoms. The molecule has 0 aliphatic heterocycles. The number of benzene rings is 1. The van der Waals surface area contributed by atoms with Gasteiger partial charge in [0, 0.05) is 10.6 Å². The van der Waals surface area contributed by atoms with E-state index in [4.69, 9.17) is 16.7 Å². The van der Waals surface area contributed by atoms with Crippen molar-refractivity contribution >= 4 is 11.6 Å². The van der Waals surface area contributed by atoms with Gasteiger partial charge in [0.1, 0.15) is 5.75 Å². The second kappa shape index (κ2) is 4.39. The lowest BCUT2D eigenvalue weighted by Gasteiger charge is -2.09. The molecule has 0 spiro atoms. The standard InChI is InChI=1S/C8H7ClF2O2/c9-6-2-1-3-7(5(6)4-12)13-8(10)11/h1-3,8,12H,4H2. The zero-order chi connectivity index (χ0) is 9.84. The fourth-order valence-corrected chi connectivity index (χ4v) is 1.12. The summed E-state index contributed by atoms with van der Waals surface area (Å²) in [5.41, 5.74) is 0.171. The first-order valence-electron chi connectivity index (χ1n) is 3.48. The van der Waals surface area contributed by atoms with Crippen LogP contribution < -0.4 is 4.74 Å². The number of hydrogen-bond donors (Lipinski definition) is 1. The zero-order valence-corrected chi connectivity index (χ0v) is 7.26. The van der Waals surface area contributed by atoms with Crippen molar-refractivity contribution in [2.75, 3.05) is 0 Å². The largest absolute Gasteiger partial charge is 0.434 e. The Morgan fingerprint density at radius 1 is 1.46 bits per heavy atom. The highest BCUT2D eigenvalue weighted by molar-refractivity contribution is 6.31. The van der Waals surface area contributed by atoms with E-state index in [1.54, 1.807) is 0 Å². The Morgan fingerprint density at radius 3 is 2.69 bits per heavy atom. The third kappa shape index (κ3) is 2.54. The molecular weight excluding hydrogens is 202 g/mol. The highest BCUT2D eigenvalue weighted by Gasteiger charge is 2.11. The number of alkyl halides is 2. The number of ether oxygens (including phenoxy) is 1. The molecule has 0 saturated carbocycles. The van der Waals surface area contributed by atoms with Gasteiger partial charge < -0.3 is 9.84 Å². The van der Waals surface area contributed by atoms with Crippen molar-refractivity contribution in [3.63, 3.8) is 0 Å². The van der Waals surface area contributed by atoms with Gasteiger partial charge in [0.2, 0.25) is 0 Å². The van der Waals surface area contributed by atoms with Crippen molar-refractivity contribution in [1.29, 1.82) is 0 Å². The van der Waals surface area contributed by atoms with E-state index < -0.39 is 13.2 Å². The molecule has 0 radical (unpaired) electrons. The summed E-state index contributed by atoms with van der Waals surface area (Å²) >= 11 is 5.63. The van der Waals surface area contributed by atoms with Crippen LogP contribution in [0.25, 0.3) is 0 Å². The van der Waals surface area contributed by atoms with E-state index >= 15 is 0 Å². The topological polar surface area (TPSA) is 29.5 Å². The van der Waals surface area contributed by atoms with Crippen molar-refractivity contribution in [3.8, 4) is 5.75 Å². The van der Waals surface area contributed by atoms with Crippen molar-refractivity contribution in [2.24, 2.45) is 0 Å². The van der Waals surface area contributed by atoms with Gasteiger partial charge in [-0.25, -0.2) is 0 Å². The summed E-state index contributed by atoms with van der Waals surface area (Å²) in [6.45, 7) is -3.34. The van der Waals surface area contributed by atoms with Gasteiger partial charge in [-0.05, 0) is 12.1 Å². The van der Waals surface area contributed by atoms with Crippen LogP contribution in [0, 0.1) is 0 Å². The smallest absolute Gasteiger partial charge is 0.387 e. The minimum absolute atomic E-state index is 0.0926. The van der Waals surface area contributed by atoms with Crippen LogP contribution >= 0.6 is 11.6 Å². The third-order valence-corrected chi connectivity index (χ3v) is 1.80. The molecule has 0 amide bonds. The Bertz CT molecular complexity index is 291. The van der Waals surface area contributed by atoms with Gasteiger partial charge in [-0.2, -0.15) is 8.78 Å². The predicted octanol–water partition coefficient (Wildman–Crippen LogP) is 2.43. The molecule has 1 aromatic carbocycles. The van der Waals surface area contributed by atoms with E-state index in [9.17, 15) is 8.78 Å². The molecule has 13 heavy (non-hydrogen) atoms. The molecule has 0 unspecified atom stereocenters. The van der Waals surface area contributed by atoms with E-state index in [1.165, 1.54) is 18.2 Å². The van der Waals surface area contributed by atoms with E-state index in [-0.39, 0.29) is 16.3 Å². The highest BCUT2D eigenvalue weighted by Crippen LogP contribution is 2.27. The first-order valence-corrected chi connectivity index (χ1v) is 3.86. The normalized spacial score (nSPS) is 10.5. The first-order chi connectivity index (χ1) is 6.15. The molecule has 5 heteroatoms.